The van der Waals surface area contributed by atoms with Gasteiger partial charge in [-0.1, -0.05) is 12.1 Å². The van der Waals surface area contributed by atoms with Crippen LogP contribution in [0, 0.1) is 5.92 Å². The second-order valence-corrected chi connectivity index (χ2v) is 6.28. The van der Waals surface area contributed by atoms with Gasteiger partial charge < -0.3 is 15.3 Å². The number of aliphatic hydroxyl groups excluding tert-OH is 1. The summed E-state index contributed by atoms with van der Waals surface area (Å²) in [6, 6.07) is 8.07. The first-order chi connectivity index (χ1) is 10.2. The highest BCUT2D eigenvalue weighted by Crippen LogP contribution is 2.18. The van der Waals surface area contributed by atoms with Crippen LogP contribution in [0.5, 0.6) is 0 Å². The molecule has 0 aromatic heterocycles. The molecule has 2 N–H and O–H groups in total. The van der Waals surface area contributed by atoms with Crippen LogP contribution in [0.3, 0.4) is 0 Å². The summed E-state index contributed by atoms with van der Waals surface area (Å²) in [5.41, 5.74) is 2.08. The van der Waals surface area contributed by atoms with E-state index >= 15 is 0 Å². The summed E-state index contributed by atoms with van der Waals surface area (Å²) in [6.07, 6.45) is 3.49. The first kappa shape index (κ1) is 14.5. The number of nitrogens with zero attached hydrogens (tertiary/aromatic N) is 1. The fraction of sp³-hybridized carbons (Fsp3) is 0.588. The fourth-order valence-corrected chi connectivity index (χ4v) is 3.26. The summed E-state index contributed by atoms with van der Waals surface area (Å²) >= 11 is 0. The molecule has 1 unspecified atom stereocenters. The van der Waals surface area contributed by atoms with Gasteiger partial charge in [0.15, 0.2) is 0 Å². The van der Waals surface area contributed by atoms with E-state index in [4.69, 9.17) is 0 Å². The van der Waals surface area contributed by atoms with Crippen molar-refractivity contribution in [1.82, 2.24) is 10.2 Å². The van der Waals surface area contributed by atoms with Crippen molar-refractivity contribution < 1.29 is 9.90 Å². The molecular formula is C17H24N2O2. The lowest BCUT2D eigenvalue weighted by Crippen LogP contribution is -2.40. The minimum Gasteiger partial charge on any atom is -0.393 e. The maximum Gasteiger partial charge on any atom is 0.253 e. The summed E-state index contributed by atoms with van der Waals surface area (Å²) in [7, 11) is 0. The molecule has 0 saturated carbocycles. The van der Waals surface area contributed by atoms with Crippen molar-refractivity contribution in [2.75, 3.05) is 26.2 Å². The Morgan fingerprint density at radius 2 is 1.90 bits per heavy atom. The molecule has 2 aliphatic heterocycles. The Balaban J connectivity index is 1.59. The number of rotatable bonds is 3. The standard InChI is InChI=1S/C17H24N2O2/c20-16-6-9-19(10-7-16)17(21)15-3-1-13(2-4-15)11-14-5-8-18-12-14/h1-4,14,16,18,20H,5-12H2. The maximum absolute atomic E-state index is 12.4. The zero-order valence-corrected chi connectivity index (χ0v) is 12.4. The summed E-state index contributed by atoms with van der Waals surface area (Å²) in [5, 5.41) is 12.9. The molecular weight excluding hydrogens is 264 g/mol. The van der Waals surface area contributed by atoms with Crippen LogP contribution in [-0.2, 0) is 6.42 Å². The Labute approximate surface area is 126 Å². The molecule has 0 spiro atoms. The molecule has 114 valence electrons. The predicted molar refractivity (Wildman–Crippen MR) is 82.3 cm³/mol. The molecule has 0 aliphatic carbocycles. The summed E-state index contributed by atoms with van der Waals surface area (Å²) in [4.78, 5) is 14.2. The first-order valence-corrected chi connectivity index (χ1v) is 7.99. The number of hydrogen-bond donors (Lipinski definition) is 2. The van der Waals surface area contributed by atoms with E-state index in [9.17, 15) is 9.90 Å². The molecule has 3 rings (SSSR count). The van der Waals surface area contributed by atoms with Gasteiger partial charge in [-0.25, -0.2) is 0 Å². The number of carbonyl (C=O) groups is 1. The number of carbonyl (C=O) groups excluding carboxylic acids is 1. The molecule has 2 fully saturated rings. The summed E-state index contributed by atoms with van der Waals surface area (Å²) < 4.78 is 0. The average Bonchev–Trinajstić information content (AvgIpc) is 3.01. The number of nitrogens with one attached hydrogen (secondary N) is 1. The van der Waals surface area contributed by atoms with E-state index in [0.717, 1.165) is 31.0 Å². The van der Waals surface area contributed by atoms with E-state index in [-0.39, 0.29) is 12.0 Å². The van der Waals surface area contributed by atoms with Gasteiger partial charge >= 0.3 is 0 Å². The molecule has 1 atom stereocenters. The van der Waals surface area contributed by atoms with Crippen LogP contribution < -0.4 is 5.32 Å². The molecule has 1 aromatic rings. The largest absolute Gasteiger partial charge is 0.393 e. The highest BCUT2D eigenvalue weighted by atomic mass is 16.3. The van der Waals surface area contributed by atoms with Gasteiger partial charge in [0.1, 0.15) is 0 Å². The fourth-order valence-electron chi connectivity index (χ4n) is 3.26. The van der Waals surface area contributed by atoms with Crippen molar-refractivity contribution in [3.63, 3.8) is 0 Å². The lowest BCUT2D eigenvalue weighted by Gasteiger charge is -2.29. The molecule has 0 bridgehead atoms. The van der Waals surface area contributed by atoms with Crippen LogP contribution in [0.25, 0.3) is 0 Å². The molecule has 1 amide bonds. The van der Waals surface area contributed by atoms with Crippen LogP contribution >= 0.6 is 0 Å². The molecule has 0 radical (unpaired) electrons. The Hall–Kier alpha value is -1.39. The third-order valence-electron chi connectivity index (χ3n) is 4.64. The van der Waals surface area contributed by atoms with Crippen LogP contribution in [0.15, 0.2) is 24.3 Å². The molecule has 4 nitrogen and oxygen atoms in total. The lowest BCUT2D eigenvalue weighted by atomic mass is 9.97. The minimum absolute atomic E-state index is 0.0935. The maximum atomic E-state index is 12.4. The zero-order chi connectivity index (χ0) is 14.7. The second kappa shape index (κ2) is 6.58. The number of aliphatic hydroxyl groups is 1. The zero-order valence-electron chi connectivity index (χ0n) is 12.4. The normalized spacial score (nSPS) is 23.5. The Kier molecular flexibility index (Phi) is 4.56. The number of piperidine rings is 1. The van der Waals surface area contributed by atoms with Gasteiger partial charge in [-0.15, -0.1) is 0 Å². The summed E-state index contributed by atoms with van der Waals surface area (Å²) in [5.74, 6) is 0.825. The number of benzene rings is 1. The van der Waals surface area contributed by atoms with E-state index in [1.165, 1.54) is 12.0 Å². The van der Waals surface area contributed by atoms with Crippen LogP contribution in [0.2, 0.25) is 0 Å². The number of amides is 1. The van der Waals surface area contributed by atoms with Gasteiger partial charge in [-0.05, 0) is 62.4 Å². The van der Waals surface area contributed by atoms with E-state index in [1.807, 2.05) is 17.0 Å². The summed E-state index contributed by atoms with van der Waals surface area (Å²) in [6.45, 7) is 3.56. The van der Waals surface area contributed by atoms with Gasteiger partial charge in [0, 0.05) is 18.7 Å². The van der Waals surface area contributed by atoms with Crippen LogP contribution in [0.4, 0.5) is 0 Å². The first-order valence-electron chi connectivity index (χ1n) is 7.99. The smallest absolute Gasteiger partial charge is 0.253 e. The Morgan fingerprint density at radius 3 is 2.52 bits per heavy atom. The molecule has 1 aromatic carbocycles. The van der Waals surface area contributed by atoms with E-state index in [0.29, 0.717) is 25.9 Å². The van der Waals surface area contributed by atoms with E-state index < -0.39 is 0 Å². The topological polar surface area (TPSA) is 52.6 Å². The van der Waals surface area contributed by atoms with Crippen molar-refractivity contribution in [3.05, 3.63) is 35.4 Å². The van der Waals surface area contributed by atoms with Gasteiger partial charge in [-0.3, -0.25) is 4.79 Å². The lowest BCUT2D eigenvalue weighted by molar-refractivity contribution is 0.0546. The van der Waals surface area contributed by atoms with Crippen LogP contribution in [0.1, 0.15) is 35.2 Å². The van der Waals surface area contributed by atoms with E-state index in [1.54, 1.807) is 0 Å². The van der Waals surface area contributed by atoms with Crippen LogP contribution in [-0.4, -0.2) is 48.2 Å². The van der Waals surface area contributed by atoms with Gasteiger partial charge in [-0.2, -0.15) is 0 Å². The molecule has 2 heterocycles. The molecule has 2 saturated heterocycles. The van der Waals surface area contributed by atoms with Gasteiger partial charge in [0.2, 0.25) is 0 Å². The minimum atomic E-state index is -0.239. The van der Waals surface area contributed by atoms with Crippen molar-refractivity contribution in [2.45, 2.75) is 31.8 Å². The SMILES string of the molecule is O=C(c1ccc(CC2CCNC2)cc1)N1CCC(O)CC1. The van der Waals surface area contributed by atoms with Crippen molar-refractivity contribution in [3.8, 4) is 0 Å². The van der Waals surface area contributed by atoms with Crippen molar-refractivity contribution in [1.29, 1.82) is 0 Å². The number of likely N-dealkylation sites (tertiary alicyclic amines) is 1. The highest BCUT2D eigenvalue weighted by molar-refractivity contribution is 5.94. The third-order valence-corrected chi connectivity index (χ3v) is 4.64. The van der Waals surface area contributed by atoms with Crippen molar-refractivity contribution >= 4 is 5.91 Å². The number of hydrogen-bond acceptors (Lipinski definition) is 3. The van der Waals surface area contributed by atoms with Gasteiger partial charge in [0.05, 0.1) is 6.10 Å². The third kappa shape index (κ3) is 3.63. The molecule has 21 heavy (non-hydrogen) atoms. The predicted octanol–water partition coefficient (Wildman–Crippen LogP) is 1.44. The second-order valence-electron chi connectivity index (χ2n) is 6.28. The Bertz CT molecular complexity index is 472. The average molecular weight is 288 g/mol. The quantitative estimate of drug-likeness (QED) is 0.885. The molecule has 2 aliphatic rings. The Morgan fingerprint density at radius 1 is 1.19 bits per heavy atom. The van der Waals surface area contributed by atoms with Gasteiger partial charge in [0.25, 0.3) is 5.91 Å². The van der Waals surface area contributed by atoms with Crippen molar-refractivity contribution in [2.24, 2.45) is 5.92 Å². The molecule has 4 heteroatoms. The highest BCUT2D eigenvalue weighted by Gasteiger charge is 2.22. The van der Waals surface area contributed by atoms with E-state index in [2.05, 4.69) is 17.4 Å². The monoisotopic (exact) mass is 288 g/mol.